The lowest BCUT2D eigenvalue weighted by atomic mass is 9.96. The van der Waals surface area contributed by atoms with Gasteiger partial charge >= 0.3 is 0 Å². The van der Waals surface area contributed by atoms with Crippen LogP contribution in [-0.4, -0.2) is 15.2 Å². The zero-order valence-electron chi connectivity index (χ0n) is 11.1. The van der Waals surface area contributed by atoms with Crippen molar-refractivity contribution in [1.82, 2.24) is 10.1 Å². The van der Waals surface area contributed by atoms with E-state index < -0.39 is 0 Å². The second-order valence-electron chi connectivity index (χ2n) is 5.33. The number of nitrogens with zero attached hydrogens (tertiary/aromatic N) is 2. The van der Waals surface area contributed by atoms with Crippen molar-refractivity contribution in [2.75, 3.05) is 0 Å². The largest absolute Gasteiger partial charge is 0.506 e. The molecule has 0 saturated heterocycles. The highest BCUT2D eigenvalue weighted by Crippen LogP contribution is 2.33. The van der Waals surface area contributed by atoms with Gasteiger partial charge in [0.15, 0.2) is 5.76 Å². The van der Waals surface area contributed by atoms with Crippen molar-refractivity contribution in [2.24, 2.45) is 5.92 Å². The van der Waals surface area contributed by atoms with E-state index in [4.69, 9.17) is 4.52 Å². The fraction of sp³-hybridized carbons (Fsp3) is 0.467. The molecule has 3 rings (SSSR count). The van der Waals surface area contributed by atoms with Crippen LogP contribution in [0.25, 0.3) is 11.5 Å². The maximum absolute atomic E-state index is 9.30. The van der Waals surface area contributed by atoms with Crippen LogP contribution in [0.15, 0.2) is 22.9 Å². The molecule has 1 N–H and O–H groups in total. The first-order valence-electron chi connectivity index (χ1n) is 6.84. The number of aromatic hydroxyl groups is 1. The second kappa shape index (κ2) is 5.03. The number of pyridine rings is 1. The van der Waals surface area contributed by atoms with Gasteiger partial charge in [-0.2, -0.15) is 0 Å². The molecule has 1 aliphatic rings. The quantitative estimate of drug-likeness (QED) is 0.915. The number of rotatable bonds is 3. The Balaban J connectivity index is 1.91. The number of hydrogen-bond acceptors (Lipinski definition) is 4. The molecule has 2 aromatic heterocycles. The first-order chi connectivity index (χ1) is 9.24. The van der Waals surface area contributed by atoms with E-state index in [1.807, 2.05) is 6.92 Å². The summed E-state index contributed by atoms with van der Waals surface area (Å²) in [5, 5.41) is 13.4. The third kappa shape index (κ3) is 2.48. The summed E-state index contributed by atoms with van der Waals surface area (Å²) in [6, 6.07) is 3.40. The predicted octanol–water partition coefficient (Wildman–Crippen LogP) is 3.48. The average Bonchev–Trinajstić information content (AvgIpc) is 3.03. The second-order valence-corrected chi connectivity index (χ2v) is 5.33. The first-order valence-corrected chi connectivity index (χ1v) is 6.84. The summed E-state index contributed by atoms with van der Waals surface area (Å²) in [5.74, 6) is 1.66. The number of aromatic nitrogens is 2. The summed E-state index contributed by atoms with van der Waals surface area (Å²) in [7, 11) is 0. The Kier molecular flexibility index (Phi) is 3.23. The minimum atomic E-state index is 0.164. The van der Waals surface area contributed by atoms with Gasteiger partial charge in [0.05, 0.1) is 11.9 Å². The van der Waals surface area contributed by atoms with Crippen LogP contribution in [0.3, 0.4) is 0 Å². The van der Waals surface area contributed by atoms with Gasteiger partial charge in [0, 0.05) is 5.56 Å². The molecule has 4 heteroatoms. The van der Waals surface area contributed by atoms with E-state index in [0.717, 1.165) is 29.5 Å². The molecule has 0 spiro atoms. The van der Waals surface area contributed by atoms with E-state index in [1.165, 1.54) is 37.4 Å². The van der Waals surface area contributed by atoms with E-state index in [1.54, 1.807) is 12.1 Å². The molecule has 0 amide bonds. The molecule has 0 atom stereocenters. The molecule has 0 aliphatic heterocycles. The van der Waals surface area contributed by atoms with E-state index >= 15 is 0 Å². The van der Waals surface area contributed by atoms with E-state index in [0.29, 0.717) is 0 Å². The van der Waals surface area contributed by atoms with E-state index in [2.05, 4.69) is 10.1 Å². The van der Waals surface area contributed by atoms with Gasteiger partial charge in [-0.3, -0.25) is 0 Å². The van der Waals surface area contributed by atoms with Gasteiger partial charge in [0.1, 0.15) is 11.4 Å². The molecule has 4 nitrogen and oxygen atoms in total. The molecule has 2 heterocycles. The van der Waals surface area contributed by atoms with Crippen LogP contribution in [0.4, 0.5) is 0 Å². The summed E-state index contributed by atoms with van der Waals surface area (Å²) >= 11 is 0. The molecular weight excluding hydrogens is 240 g/mol. The highest BCUT2D eigenvalue weighted by atomic mass is 16.5. The maximum Gasteiger partial charge on any atom is 0.188 e. The Morgan fingerprint density at radius 2 is 2.11 bits per heavy atom. The molecular formula is C15H18N2O2. The van der Waals surface area contributed by atoms with Crippen LogP contribution in [0, 0.1) is 12.8 Å². The number of aryl methyl sites for hydroxylation is 1. The van der Waals surface area contributed by atoms with Crippen molar-refractivity contribution in [2.45, 2.75) is 39.0 Å². The van der Waals surface area contributed by atoms with Crippen molar-refractivity contribution >= 4 is 0 Å². The van der Waals surface area contributed by atoms with Crippen molar-refractivity contribution in [1.29, 1.82) is 0 Å². The summed E-state index contributed by atoms with van der Waals surface area (Å²) < 4.78 is 5.44. The zero-order chi connectivity index (χ0) is 13.2. The van der Waals surface area contributed by atoms with Gasteiger partial charge in [-0.1, -0.05) is 30.8 Å². The smallest absolute Gasteiger partial charge is 0.188 e. The SMILES string of the molecule is Cc1noc(-c2ccc(O)cn2)c1CC1CCCC1. The average molecular weight is 258 g/mol. The summed E-state index contributed by atoms with van der Waals surface area (Å²) in [4.78, 5) is 4.21. The third-order valence-corrected chi connectivity index (χ3v) is 3.93. The summed E-state index contributed by atoms with van der Waals surface area (Å²) in [5.41, 5.74) is 2.87. The Morgan fingerprint density at radius 1 is 1.32 bits per heavy atom. The molecule has 19 heavy (non-hydrogen) atoms. The van der Waals surface area contributed by atoms with Crippen LogP contribution in [0.1, 0.15) is 36.9 Å². The van der Waals surface area contributed by atoms with Gasteiger partial charge in [-0.15, -0.1) is 0 Å². The lowest BCUT2D eigenvalue weighted by Crippen LogP contribution is -2.01. The molecule has 1 saturated carbocycles. The van der Waals surface area contributed by atoms with Crippen LogP contribution in [0.5, 0.6) is 5.75 Å². The van der Waals surface area contributed by atoms with Crippen LogP contribution in [0.2, 0.25) is 0 Å². The van der Waals surface area contributed by atoms with Gasteiger partial charge in [-0.05, 0) is 31.4 Å². The van der Waals surface area contributed by atoms with Crippen molar-refractivity contribution < 1.29 is 9.63 Å². The molecule has 1 fully saturated rings. The van der Waals surface area contributed by atoms with Crippen LogP contribution in [-0.2, 0) is 6.42 Å². The molecule has 1 aliphatic carbocycles. The highest BCUT2D eigenvalue weighted by molar-refractivity contribution is 5.58. The van der Waals surface area contributed by atoms with Gasteiger partial charge in [0.2, 0.25) is 0 Å². The van der Waals surface area contributed by atoms with Crippen molar-refractivity contribution in [3.63, 3.8) is 0 Å². The molecule has 2 aromatic rings. The molecule has 0 radical (unpaired) electrons. The first kappa shape index (κ1) is 12.2. The third-order valence-electron chi connectivity index (χ3n) is 3.93. The van der Waals surface area contributed by atoms with E-state index in [9.17, 15) is 5.11 Å². The summed E-state index contributed by atoms with van der Waals surface area (Å²) in [6.07, 6.45) is 7.73. The molecule has 0 unspecified atom stereocenters. The van der Waals surface area contributed by atoms with E-state index in [-0.39, 0.29) is 5.75 Å². The fourth-order valence-electron chi connectivity index (χ4n) is 2.85. The van der Waals surface area contributed by atoms with Gasteiger partial charge < -0.3 is 9.63 Å². The zero-order valence-corrected chi connectivity index (χ0v) is 11.1. The monoisotopic (exact) mass is 258 g/mol. The Morgan fingerprint density at radius 3 is 2.79 bits per heavy atom. The van der Waals surface area contributed by atoms with Gasteiger partial charge in [0.25, 0.3) is 0 Å². The van der Waals surface area contributed by atoms with Crippen LogP contribution >= 0.6 is 0 Å². The molecule has 100 valence electrons. The van der Waals surface area contributed by atoms with Crippen molar-refractivity contribution in [3.05, 3.63) is 29.6 Å². The lowest BCUT2D eigenvalue weighted by Gasteiger charge is -2.08. The Hall–Kier alpha value is -1.84. The number of hydrogen-bond donors (Lipinski definition) is 1. The standard InChI is InChI=1S/C15H18N2O2/c1-10-13(8-11-4-2-3-5-11)15(19-17-10)14-7-6-12(18)9-16-14/h6-7,9,11,18H,2-5,8H2,1H3. The van der Waals surface area contributed by atoms with Crippen LogP contribution < -0.4 is 0 Å². The Bertz CT molecular complexity index is 554. The Labute approximate surface area is 112 Å². The lowest BCUT2D eigenvalue weighted by molar-refractivity contribution is 0.424. The minimum absolute atomic E-state index is 0.164. The topological polar surface area (TPSA) is 59.2 Å². The minimum Gasteiger partial charge on any atom is -0.506 e. The predicted molar refractivity (Wildman–Crippen MR) is 71.8 cm³/mol. The van der Waals surface area contributed by atoms with Gasteiger partial charge in [-0.25, -0.2) is 4.98 Å². The maximum atomic E-state index is 9.30. The fourth-order valence-corrected chi connectivity index (χ4v) is 2.85. The van der Waals surface area contributed by atoms with Crippen molar-refractivity contribution in [3.8, 4) is 17.2 Å². The summed E-state index contributed by atoms with van der Waals surface area (Å²) in [6.45, 7) is 1.98. The normalized spacial score (nSPS) is 16.1. The molecule has 0 aromatic carbocycles. The molecule has 0 bridgehead atoms. The highest BCUT2D eigenvalue weighted by Gasteiger charge is 2.22.